The van der Waals surface area contributed by atoms with E-state index in [9.17, 15) is 4.79 Å². The van der Waals surface area contributed by atoms with Crippen LogP contribution in [0.25, 0.3) is 5.57 Å². The molecule has 3 nitrogen and oxygen atoms in total. The molecular weight excluding hydrogens is 670 g/mol. The average Bonchev–Trinajstić information content (AvgIpc) is 2.72. The Morgan fingerprint density at radius 2 is 1.50 bits per heavy atom. The van der Waals surface area contributed by atoms with E-state index in [4.69, 9.17) is 9.84 Å². The van der Waals surface area contributed by atoms with Crippen LogP contribution in [0.5, 0.6) is 5.75 Å². The number of aryl methyl sites for hydroxylation is 1. The number of carbonyl (C=O) groups is 1. The zero-order valence-electron chi connectivity index (χ0n) is 15.9. The molecule has 0 unspecified atom stereocenters. The predicted octanol–water partition coefficient (Wildman–Crippen LogP) is 7.19. The van der Waals surface area contributed by atoms with Crippen molar-refractivity contribution in [2.75, 3.05) is 6.61 Å². The lowest BCUT2D eigenvalue weighted by Gasteiger charge is -2.12. The van der Waals surface area contributed by atoms with Crippen LogP contribution < -0.4 is 4.74 Å². The number of halogens is 3. The molecule has 3 aromatic carbocycles. The highest BCUT2D eigenvalue weighted by molar-refractivity contribution is 14.1. The first-order valence-corrected chi connectivity index (χ1v) is 12.2. The lowest BCUT2D eigenvalue weighted by molar-refractivity contribution is -0.136. The van der Waals surface area contributed by atoms with Gasteiger partial charge in [-0.05, 0) is 132 Å². The molecule has 30 heavy (non-hydrogen) atoms. The van der Waals surface area contributed by atoms with E-state index < -0.39 is 5.97 Å². The number of rotatable bonds is 8. The minimum atomic E-state index is -0.796. The first-order chi connectivity index (χ1) is 14.4. The lowest BCUT2D eigenvalue weighted by atomic mass is 9.98. The maximum atomic E-state index is 10.8. The highest BCUT2D eigenvalue weighted by atomic mass is 127. The van der Waals surface area contributed by atoms with E-state index in [1.54, 1.807) is 0 Å². The largest absolute Gasteiger partial charge is 0.488 e. The molecule has 0 amide bonds. The van der Waals surface area contributed by atoms with Gasteiger partial charge in [-0.3, -0.25) is 4.79 Å². The van der Waals surface area contributed by atoms with Crippen LogP contribution in [0.3, 0.4) is 0 Å². The van der Waals surface area contributed by atoms with Crippen molar-refractivity contribution in [2.24, 2.45) is 0 Å². The van der Waals surface area contributed by atoms with Crippen molar-refractivity contribution in [3.8, 4) is 5.75 Å². The molecule has 0 atom stereocenters. The fraction of sp³-hybridized carbons (Fsp3) is 0.125. The van der Waals surface area contributed by atoms with E-state index >= 15 is 0 Å². The molecule has 0 bridgehead atoms. The molecule has 0 spiro atoms. The van der Waals surface area contributed by atoms with E-state index in [2.05, 4.69) is 116 Å². The molecule has 0 aliphatic heterocycles. The fourth-order valence-corrected chi connectivity index (χ4v) is 4.20. The van der Waals surface area contributed by atoms with E-state index in [1.165, 1.54) is 7.14 Å². The van der Waals surface area contributed by atoms with Crippen molar-refractivity contribution in [3.63, 3.8) is 0 Å². The second-order valence-corrected chi connectivity index (χ2v) is 9.95. The summed E-state index contributed by atoms with van der Waals surface area (Å²) in [7, 11) is 0. The third kappa shape index (κ3) is 6.81. The van der Waals surface area contributed by atoms with Gasteiger partial charge in [0, 0.05) is 13.6 Å². The van der Waals surface area contributed by atoms with Gasteiger partial charge in [0.05, 0.1) is 4.47 Å². The molecule has 0 fully saturated rings. The summed E-state index contributed by atoms with van der Waals surface area (Å²) in [6.45, 7) is 0.417. The van der Waals surface area contributed by atoms with Crippen LogP contribution >= 0.6 is 61.1 Å². The summed E-state index contributed by atoms with van der Waals surface area (Å²) in [6.07, 6.45) is 2.71. The summed E-state index contributed by atoms with van der Waals surface area (Å²) >= 11 is 8.15. The van der Waals surface area contributed by atoms with Crippen LogP contribution in [0, 0.1) is 7.14 Å². The minimum Gasteiger partial charge on any atom is -0.488 e. The van der Waals surface area contributed by atoms with Crippen LogP contribution in [0.15, 0.2) is 77.3 Å². The number of benzene rings is 3. The number of hydrogen-bond acceptors (Lipinski definition) is 2. The molecule has 1 N–H and O–H groups in total. The topological polar surface area (TPSA) is 46.5 Å². The maximum Gasteiger partial charge on any atom is 0.303 e. The second kappa shape index (κ2) is 11.3. The molecule has 0 heterocycles. The van der Waals surface area contributed by atoms with Gasteiger partial charge in [0.1, 0.15) is 12.4 Å². The van der Waals surface area contributed by atoms with Crippen LogP contribution in [0.2, 0.25) is 0 Å². The third-order valence-corrected chi connectivity index (χ3v) is 6.52. The zero-order valence-corrected chi connectivity index (χ0v) is 21.8. The molecule has 154 valence electrons. The van der Waals surface area contributed by atoms with E-state index in [0.717, 1.165) is 32.5 Å². The van der Waals surface area contributed by atoms with Crippen molar-refractivity contribution in [1.29, 1.82) is 0 Å². The summed E-state index contributed by atoms with van der Waals surface area (Å²) in [6, 6.07) is 22.6. The van der Waals surface area contributed by atoms with Crippen molar-refractivity contribution in [2.45, 2.75) is 12.8 Å². The zero-order chi connectivity index (χ0) is 21.5. The smallest absolute Gasteiger partial charge is 0.303 e. The average molecular weight is 689 g/mol. The molecule has 0 saturated carbocycles. The summed E-state index contributed by atoms with van der Waals surface area (Å²) in [5.74, 6) is -0.0646. The molecule has 3 aromatic rings. The minimum absolute atomic E-state index is 0.116. The van der Waals surface area contributed by atoms with Crippen LogP contribution in [0.1, 0.15) is 23.1 Å². The molecule has 0 aliphatic carbocycles. The number of aliphatic carboxylic acids is 1. The van der Waals surface area contributed by atoms with E-state index in [0.29, 0.717) is 13.0 Å². The van der Waals surface area contributed by atoms with Crippen LogP contribution in [-0.4, -0.2) is 17.7 Å². The quantitative estimate of drug-likeness (QED) is 0.255. The van der Waals surface area contributed by atoms with E-state index in [1.807, 2.05) is 18.2 Å². The Hall–Kier alpha value is -1.39. The normalized spacial score (nSPS) is 10.5. The van der Waals surface area contributed by atoms with Crippen molar-refractivity contribution >= 4 is 72.7 Å². The standard InChI is InChI=1S/C24H19BrI2O3/c25-22-15-16(2-12-24(28)29)1-11-23(22)30-14-13-21(17-3-7-19(26)8-4-17)18-5-9-20(27)10-6-18/h1,3-11,13,15H,2,12,14H2,(H,28,29). The lowest BCUT2D eigenvalue weighted by Crippen LogP contribution is -2.00. The maximum absolute atomic E-state index is 10.8. The van der Waals surface area contributed by atoms with Crippen LogP contribution in [-0.2, 0) is 11.2 Å². The Labute approximate surface area is 212 Å². The number of hydrogen-bond donors (Lipinski definition) is 1. The van der Waals surface area contributed by atoms with Gasteiger partial charge in [0.2, 0.25) is 0 Å². The van der Waals surface area contributed by atoms with Gasteiger partial charge in [0.25, 0.3) is 0 Å². The Kier molecular flexibility index (Phi) is 8.76. The van der Waals surface area contributed by atoms with Gasteiger partial charge >= 0.3 is 5.97 Å². The van der Waals surface area contributed by atoms with Gasteiger partial charge in [0.15, 0.2) is 0 Å². The SMILES string of the molecule is O=C(O)CCc1ccc(OCC=C(c2ccc(I)cc2)c2ccc(I)cc2)c(Br)c1. The summed E-state index contributed by atoms with van der Waals surface area (Å²) in [5.41, 5.74) is 4.37. The molecule has 0 aliphatic rings. The monoisotopic (exact) mass is 688 g/mol. The Bertz CT molecular complexity index is 998. The van der Waals surface area contributed by atoms with Gasteiger partial charge < -0.3 is 9.84 Å². The summed E-state index contributed by atoms with van der Waals surface area (Å²) in [5, 5.41) is 8.84. The molecule has 0 radical (unpaired) electrons. The number of carboxylic acid groups (broad SMARTS) is 1. The molecule has 6 heteroatoms. The second-order valence-electron chi connectivity index (χ2n) is 6.60. The molecular formula is C24H19BrI2O3. The molecule has 0 saturated heterocycles. The number of carboxylic acids is 1. The van der Waals surface area contributed by atoms with Gasteiger partial charge in [-0.2, -0.15) is 0 Å². The predicted molar refractivity (Wildman–Crippen MR) is 141 cm³/mol. The highest BCUT2D eigenvalue weighted by Gasteiger charge is 2.08. The van der Waals surface area contributed by atoms with E-state index in [-0.39, 0.29) is 6.42 Å². The Balaban J connectivity index is 1.78. The first kappa shape index (κ1) is 23.3. The van der Waals surface area contributed by atoms with Gasteiger partial charge in [-0.1, -0.05) is 30.3 Å². The summed E-state index contributed by atoms with van der Waals surface area (Å²) in [4.78, 5) is 10.8. The molecule has 3 rings (SSSR count). The van der Waals surface area contributed by atoms with Gasteiger partial charge in [-0.25, -0.2) is 0 Å². The van der Waals surface area contributed by atoms with Crippen molar-refractivity contribution in [3.05, 3.63) is 101 Å². The van der Waals surface area contributed by atoms with Crippen molar-refractivity contribution in [1.82, 2.24) is 0 Å². The Morgan fingerprint density at radius 1 is 0.933 bits per heavy atom. The van der Waals surface area contributed by atoms with Crippen LogP contribution in [0.4, 0.5) is 0 Å². The van der Waals surface area contributed by atoms with Crippen molar-refractivity contribution < 1.29 is 14.6 Å². The first-order valence-electron chi connectivity index (χ1n) is 9.27. The Morgan fingerprint density at radius 3 is 2.00 bits per heavy atom. The fourth-order valence-electron chi connectivity index (χ4n) is 2.94. The molecule has 0 aromatic heterocycles. The van der Waals surface area contributed by atoms with Gasteiger partial charge in [-0.15, -0.1) is 0 Å². The number of ether oxygens (including phenoxy) is 1. The highest BCUT2D eigenvalue weighted by Crippen LogP contribution is 2.28. The third-order valence-electron chi connectivity index (χ3n) is 4.46. The summed E-state index contributed by atoms with van der Waals surface area (Å²) < 4.78 is 9.21.